The first-order valence-corrected chi connectivity index (χ1v) is 9.64. The summed E-state index contributed by atoms with van der Waals surface area (Å²) >= 11 is 1.83. The van der Waals surface area contributed by atoms with Crippen molar-refractivity contribution in [2.24, 2.45) is 5.92 Å². The standard InChI is InChI=1S/C18H23NO3S/c20-16-9-14(18(22-16)7-3-4-8-18)17(21)19-10-12-11-23-15-6-2-1-5-13(12)15/h11,14H,1-10H2,(H,19,21)/t14-/m0/s1. The van der Waals surface area contributed by atoms with Crippen molar-refractivity contribution in [3.63, 3.8) is 0 Å². The molecule has 0 aromatic carbocycles. The van der Waals surface area contributed by atoms with Crippen LogP contribution in [-0.2, 0) is 33.7 Å². The summed E-state index contributed by atoms with van der Waals surface area (Å²) in [6, 6.07) is 0. The van der Waals surface area contributed by atoms with E-state index in [-0.39, 0.29) is 24.2 Å². The van der Waals surface area contributed by atoms with Crippen molar-refractivity contribution < 1.29 is 14.3 Å². The second-order valence-corrected chi connectivity index (χ2v) is 8.05. The van der Waals surface area contributed by atoms with Gasteiger partial charge in [-0.15, -0.1) is 11.3 Å². The highest BCUT2D eigenvalue weighted by atomic mass is 32.1. The molecule has 4 nitrogen and oxygen atoms in total. The molecular weight excluding hydrogens is 310 g/mol. The Morgan fingerprint density at radius 3 is 2.87 bits per heavy atom. The van der Waals surface area contributed by atoms with Crippen molar-refractivity contribution >= 4 is 23.2 Å². The van der Waals surface area contributed by atoms with Crippen LogP contribution >= 0.6 is 11.3 Å². The van der Waals surface area contributed by atoms with Crippen LogP contribution in [0.2, 0.25) is 0 Å². The van der Waals surface area contributed by atoms with Crippen LogP contribution in [0, 0.1) is 5.92 Å². The van der Waals surface area contributed by atoms with Crippen LogP contribution in [0.15, 0.2) is 5.38 Å². The van der Waals surface area contributed by atoms with Gasteiger partial charge in [0.1, 0.15) is 5.60 Å². The zero-order valence-electron chi connectivity index (χ0n) is 13.4. The quantitative estimate of drug-likeness (QED) is 0.865. The van der Waals surface area contributed by atoms with Gasteiger partial charge in [-0.3, -0.25) is 9.59 Å². The lowest BCUT2D eigenvalue weighted by Crippen LogP contribution is -2.42. The molecule has 1 aliphatic heterocycles. The summed E-state index contributed by atoms with van der Waals surface area (Å²) in [4.78, 5) is 25.9. The van der Waals surface area contributed by atoms with Gasteiger partial charge in [-0.2, -0.15) is 0 Å². The molecule has 0 radical (unpaired) electrons. The molecule has 2 fully saturated rings. The van der Waals surface area contributed by atoms with Crippen molar-refractivity contribution in [2.75, 3.05) is 0 Å². The van der Waals surface area contributed by atoms with E-state index in [9.17, 15) is 9.59 Å². The van der Waals surface area contributed by atoms with Crippen molar-refractivity contribution in [1.29, 1.82) is 0 Å². The van der Waals surface area contributed by atoms with Crippen molar-refractivity contribution in [1.82, 2.24) is 5.32 Å². The van der Waals surface area contributed by atoms with E-state index >= 15 is 0 Å². The number of nitrogens with one attached hydrogen (secondary N) is 1. The van der Waals surface area contributed by atoms with Gasteiger partial charge in [-0.1, -0.05) is 0 Å². The van der Waals surface area contributed by atoms with E-state index in [1.165, 1.54) is 35.3 Å². The molecule has 1 aromatic rings. The largest absolute Gasteiger partial charge is 0.458 e. The van der Waals surface area contributed by atoms with Crippen molar-refractivity contribution in [3.8, 4) is 0 Å². The normalized spacial score (nSPS) is 25.4. The van der Waals surface area contributed by atoms with Crippen LogP contribution in [0.3, 0.4) is 0 Å². The van der Waals surface area contributed by atoms with Gasteiger partial charge >= 0.3 is 5.97 Å². The maximum absolute atomic E-state index is 12.7. The summed E-state index contributed by atoms with van der Waals surface area (Å²) in [6.45, 7) is 0.589. The van der Waals surface area contributed by atoms with Crippen LogP contribution in [0.5, 0.6) is 0 Å². The van der Waals surface area contributed by atoms with Gasteiger partial charge in [0.25, 0.3) is 0 Å². The smallest absolute Gasteiger partial charge is 0.307 e. The number of amides is 1. The number of carbonyl (C=O) groups is 2. The van der Waals surface area contributed by atoms with Gasteiger partial charge < -0.3 is 10.1 Å². The number of fused-ring (bicyclic) bond motifs is 1. The molecule has 1 spiro atoms. The average Bonchev–Trinajstić information content (AvgIpc) is 3.25. The number of hydrogen-bond donors (Lipinski definition) is 1. The first-order chi connectivity index (χ1) is 11.2. The van der Waals surface area contributed by atoms with Crippen LogP contribution < -0.4 is 5.32 Å². The number of thiophene rings is 1. The van der Waals surface area contributed by atoms with E-state index in [2.05, 4.69) is 10.7 Å². The third-order valence-electron chi connectivity index (χ3n) is 5.69. The minimum absolute atomic E-state index is 0.00601. The highest BCUT2D eigenvalue weighted by Gasteiger charge is 2.53. The lowest BCUT2D eigenvalue weighted by molar-refractivity contribution is -0.149. The molecular formula is C18H23NO3S. The summed E-state index contributed by atoms with van der Waals surface area (Å²) in [5.74, 6) is -0.513. The maximum Gasteiger partial charge on any atom is 0.307 e. The van der Waals surface area contributed by atoms with Crippen LogP contribution in [0.25, 0.3) is 0 Å². The van der Waals surface area contributed by atoms with E-state index in [1.54, 1.807) is 0 Å². The number of esters is 1. The predicted molar refractivity (Wildman–Crippen MR) is 88.2 cm³/mol. The highest BCUT2D eigenvalue weighted by Crippen LogP contribution is 2.45. The highest BCUT2D eigenvalue weighted by molar-refractivity contribution is 7.10. The predicted octanol–water partition coefficient (Wildman–Crippen LogP) is 3.12. The van der Waals surface area contributed by atoms with E-state index in [4.69, 9.17) is 4.74 Å². The number of rotatable bonds is 3. The van der Waals surface area contributed by atoms with Gasteiger partial charge in [0.05, 0.1) is 12.3 Å². The van der Waals surface area contributed by atoms with Crippen molar-refractivity contribution in [2.45, 2.75) is 69.9 Å². The minimum atomic E-state index is -0.505. The molecule has 0 unspecified atom stereocenters. The van der Waals surface area contributed by atoms with Gasteiger partial charge in [-0.25, -0.2) is 0 Å². The Morgan fingerprint density at radius 2 is 2.04 bits per heavy atom. The average molecular weight is 333 g/mol. The van der Waals surface area contributed by atoms with Crippen LogP contribution in [-0.4, -0.2) is 17.5 Å². The maximum atomic E-state index is 12.7. The Morgan fingerprint density at radius 1 is 1.26 bits per heavy atom. The molecule has 1 aromatic heterocycles. The lowest BCUT2D eigenvalue weighted by Gasteiger charge is -2.28. The first kappa shape index (κ1) is 15.2. The molecule has 2 heterocycles. The lowest BCUT2D eigenvalue weighted by atomic mass is 9.85. The molecule has 3 aliphatic rings. The topological polar surface area (TPSA) is 55.4 Å². The Hall–Kier alpha value is -1.36. The monoisotopic (exact) mass is 333 g/mol. The summed E-state index contributed by atoms with van der Waals surface area (Å²) < 4.78 is 5.57. The van der Waals surface area contributed by atoms with E-state index in [0.717, 1.165) is 32.1 Å². The number of ether oxygens (including phenoxy) is 1. The van der Waals surface area contributed by atoms with Crippen molar-refractivity contribution in [3.05, 3.63) is 21.4 Å². The van der Waals surface area contributed by atoms with E-state index < -0.39 is 5.60 Å². The second-order valence-electron chi connectivity index (χ2n) is 7.09. The molecule has 1 saturated heterocycles. The molecule has 1 atom stereocenters. The van der Waals surface area contributed by atoms with Gasteiger partial charge in [0.2, 0.25) is 5.91 Å². The summed E-state index contributed by atoms with van der Waals surface area (Å²) in [5.41, 5.74) is 2.22. The molecule has 1 saturated carbocycles. The minimum Gasteiger partial charge on any atom is -0.458 e. The zero-order chi connectivity index (χ0) is 15.9. The Balaban J connectivity index is 1.44. The molecule has 23 heavy (non-hydrogen) atoms. The molecule has 2 aliphatic carbocycles. The fraction of sp³-hybridized carbons (Fsp3) is 0.667. The molecule has 124 valence electrons. The molecule has 5 heteroatoms. The Bertz CT molecular complexity index is 630. The van der Waals surface area contributed by atoms with E-state index in [0.29, 0.717) is 6.54 Å². The summed E-state index contributed by atoms with van der Waals surface area (Å²) in [5, 5.41) is 5.28. The van der Waals surface area contributed by atoms with Crippen LogP contribution in [0.1, 0.15) is 60.9 Å². The third-order valence-corrected chi connectivity index (χ3v) is 6.83. The van der Waals surface area contributed by atoms with E-state index in [1.807, 2.05) is 11.3 Å². The molecule has 4 rings (SSSR count). The number of hydrogen-bond acceptors (Lipinski definition) is 4. The molecule has 1 amide bonds. The number of carbonyl (C=O) groups excluding carboxylic acids is 2. The van der Waals surface area contributed by atoms with Gasteiger partial charge in [0, 0.05) is 11.4 Å². The SMILES string of the molecule is O=C1C[C@@H](C(=O)NCc2csc3c2CCCC3)C2(CCCC2)O1. The molecule has 0 bridgehead atoms. The Labute approximate surface area is 140 Å². The molecule has 1 N–H and O–H groups in total. The fourth-order valence-electron chi connectivity index (χ4n) is 4.46. The number of aryl methyl sites for hydroxylation is 1. The Kier molecular flexibility index (Phi) is 3.92. The second kappa shape index (κ2) is 5.93. The first-order valence-electron chi connectivity index (χ1n) is 8.76. The van der Waals surface area contributed by atoms with Crippen LogP contribution in [0.4, 0.5) is 0 Å². The van der Waals surface area contributed by atoms with Gasteiger partial charge in [0.15, 0.2) is 0 Å². The summed E-state index contributed by atoms with van der Waals surface area (Å²) in [6.07, 6.45) is 8.87. The third kappa shape index (κ3) is 2.69. The zero-order valence-corrected chi connectivity index (χ0v) is 14.2. The van der Waals surface area contributed by atoms with Gasteiger partial charge in [-0.05, 0) is 67.9 Å². The summed E-state index contributed by atoms with van der Waals surface area (Å²) in [7, 11) is 0. The fourth-order valence-corrected chi connectivity index (χ4v) is 5.61.